The summed E-state index contributed by atoms with van der Waals surface area (Å²) in [6.07, 6.45) is 18.8. The Morgan fingerprint density at radius 3 is 1.97 bits per heavy atom. The van der Waals surface area contributed by atoms with E-state index in [0.717, 1.165) is 10.2 Å². The molecule has 200 valence electrons. The molecule has 0 fully saturated rings. The Hall–Kier alpha value is -2.52. The number of unbranched alkanes of at least 4 members (excludes halogenated alkanes) is 10. The molecule has 5 rings (SSSR count). The maximum absolute atomic E-state index is 4.47. The fourth-order valence-corrected chi connectivity index (χ4v) is 7.33. The number of rotatable bonds is 15. The molecule has 4 aromatic rings. The van der Waals surface area contributed by atoms with E-state index in [1.54, 1.807) is 11.1 Å². The third-order valence-corrected chi connectivity index (χ3v) is 9.46. The smallest absolute Gasteiger partial charge is 0.113 e. The van der Waals surface area contributed by atoms with Crippen molar-refractivity contribution in [2.24, 2.45) is 0 Å². The topological polar surface area (TPSA) is 25.8 Å². The predicted octanol–water partition coefficient (Wildman–Crippen LogP) is 11.1. The lowest BCUT2D eigenvalue weighted by atomic mass is 9.70. The molecule has 0 saturated carbocycles. The van der Waals surface area contributed by atoms with Crippen LogP contribution in [0.5, 0.6) is 0 Å². The van der Waals surface area contributed by atoms with Crippen LogP contribution in [0, 0.1) is 0 Å². The van der Waals surface area contributed by atoms with Gasteiger partial charge in [-0.3, -0.25) is 0 Å². The van der Waals surface area contributed by atoms with Crippen LogP contribution in [0.15, 0.2) is 60.7 Å². The molecule has 3 aromatic carbocycles. The summed E-state index contributed by atoms with van der Waals surface area (Å²) in [4.78, 5) is 0. The third-order valence-electron chi connectivity index (χ3n) is 8.77. The molecule has 0 atom stereocenters. The Morgan fingerprint density at radius 1 is 0.605 bits per heavy atom. The van der Waals surface area contributed by atoms with Crippen LogP contribution >= 0.6 is 11.5 Å². The fraction of sp³-hybridized carbons (Fsp3) is 0.486. The van der Waals surface area contributed by atoms with Crippen molar-refractivity contribution in [2.75, 3.05) is 0 Å². The first-order valence-electron chi connectivity index (χ1n) is 15.2. The molecule has 1 aliphatic carbocycles. The summed E-state index contributed by atoms with van der Waals surface area (Å²) in [5.41, 5.74) is 9.65. The summed E-state index contributed by atoms with van der Waals surface area (Å²) in [6.45, 7) is 4.61. The summed E-state index contributed by atoms with van der Waals surface area (Å²) >= 11 is 1.48. The Bertz CT molecular complexity index is 1300. The second kappa shape index (κ2) is 13.0. The van der Waals surface area contributed by atoms with Gasteiger partial charge < -0.3 is 0 Å². The molecule has 1 aromatic heterocycles. The van der Waals surface area contributed by atoms with Gasteiger partial charge in [0.1, 0.15) is 5.52 Å². The standard InChI is InChI=1S/C35H44N2S/c1-3-5-7-9-11-15-24-35(25-16-12-10-8-6-4-2)31-20-14-13-18-29(31)30-26-27(22-23-32(30)35)28-19-17-21-33-34(28)36-37-38-33/h13-14,17-23,26H,3-12,15-16,24-25H2,1-2H3. The second-order valence-electron chi connectivity index (χ2n) is 11.3. The molecule has 38 heavy (non-hydrogen) atoms. The van der Waals surface area contributed by atoms with E-state index in [4.69, 9.17) is 0 Å². The zero-order valence-electron chi connectivity index (χ0n) is 23.5. The van der Waals surface area contributed by atoms with Gasteiger partial charge in [-0.25, -0.2) is 0 Å². The van der Waals surface area contributed by atoms with Gasteiger partial charge in [-0.05, 0) is 64.3 Å². The molecule has 0 unspecified atom stereocenters. The first-order valence-corrected chi connectivity index (χ1v) is 16.0. The van der Waals surface area contributed by atoms with Crippen LogP contribution in [-0.4, -0.2) is 9.59 Å². The van der Waals surface area contributed by atoms with Crippen molar-refractivity contribution in [2.45, 2.75) is 109 Å². The number of hydrogen-bond acceptors (Lipinski definition) is 3. The van der Waals surface area contributed by atoms with E-state index in [1.807, 2.05) is 0 Å². The maximum Gasteiger partial charge on any atom is 0.113 e. The van der Waals surface area contributed by atoms with Crippen molar-refractivity contribution in [3.63, 3.8) is 0 Å². The predicted molar refractivity (Wildman–Crippen MR) is 165 cm³/mol. The highest BCUT2D eigenvalue weighted by molar-refractivity contribution is 7.13. The SMILES string of the molecule is CCCCCCCCC1(CCCCCCCC)c2ccccc2-c2cc(-c3cccc4snnc34)ccc21. The number of benzene rings is 3. The molecule has 0 radical (unpaired) electrons. The van der Waals surface area contributed by atoms with E-state index in [0.29, 0.717) is 0 Å². The normalized spacial score (nSPS) is 13.6. The largest absolute Gasteiger partial charge is 0.137 e. The monoisotopic (exact) mass is 524 g/mol. The van der Waals surface area contributed by atoms with Crippen molar-refractivity contribution in [3.8, 4) is 22.3 Å². The number of aromatic nitrogens is 2. The Balaban J connectivity index is 1.48. The van der Waals surface area contributed by atoms with Crippen molar-refractivity contribution >= 4 is 21.7 Å². The minimum absolute atomic E-state index is 0.147. The molecule has 3 heteroatoms. The lowest BCUT2D eigenvalue weighted by Crippen LogP contribution is -2.25. The summed E-state index contributed by atoms with van der Waals surface area (Å²) in [5, 5.41) is 4.47. The average Bonchev–Trinajstić information content (AvgIpc) is 3.54. The third kappa shape index (κ3) is 5.59. The zero-order valence-corrected chi connectivity index (χ0v) is 24.3. The summed E-state index contributed by atoms with van der Waals surface area (Å²) in [6, 6.07) is 23.0. The average molecular weight is 525 g/mol. The van der Waals surface area contributed by atoms with Crippen molar-refractivity contribution in [1.82, 2.24) is 9.59 Å². The number of nitrogens with zero attached hydrogens (tertiary/aromatic N) is 2. The van der Waals surface area contributed by atoms with Gasteiger partial charge in [0.05, 0.1) is 4.70 Å². The minimum Gasteiger partial charge on any atom is -0.137 e. The summed E-state index contributed by atoms with van der Waals surface area (Å²) in [7, 11) is 0. The van der Waals surface area contributed by atoms with Gasteiger partial charge in [0.2, 0.25) is 0 Å². The highest BCUT2D eigenvalue weighted by Gasteiger charge is 2.42. The Labute approximate surface area is 234 Å². The first-order chi connectivity index (χ1) is 18.8. The van der Waals surface area contributed by atoms with Crippen LogP contribution in [0.1, 0.15) is 115 Å². The van der Waals surface area contributed by atoms with Gasteiger partial charge in [0.15, 0.2) is 0 Å². The van der Waals surface area contributed by atoms with Crippen molar-refractivity contribution in [3.05, 3.63) is 71.8 Å². The number of fused-ring (bicyclic) bond motifs is 4. The van der Waals surface area contributed by atoms with Gasteiger partial charge in [0, 0.05) is 11.0 Å². The molecule has 0 aliphatic heterocycles. The van der Waals surface area contributed by atoms with Crippen LogP contribution in [0.25, 0.3) is 32.5 Å². The zero-order chi connectivity index (χ0) is 26.2. The highest BCUT2D eigenvalue weighted by Crippen LogP contribution is 2.55. The quantitative estimate of drug-likeness (QED) is 0.144. The Morgan fingerprint density at radius 2 is 1.24 bits per heavy atom. The molecule has 2 nitrogen and oxygen atoms in total. The lowest BCUT2D eigenvalue weighted by Gasteiger charge is -2.33. The molecular formula is C35H44N2S. The van der Waals surface area contributed by atoms with Crippen LogP contribution in [0.2, 0.25) is 0 Å². The molecular weight excluding hydrogens is 480 g/mol. The Kier molecular flexibility index (Phi) is 9.27. The van der Waals surface area contributed by atoms with Gasteiger partial charge in [-0.1, -0.05) is 144 Å². The van der Waals surface area contributed by atoms with Gasteiger partial charge in [-0.2, -0.15) is 0 Å². The van der Waals surface area contributed by atoms with Gasteiger partial charge >= 0.3 is 0 Å². The van der Waals surface area contributed by atoms with E-state index in [2.05, 4.69) is 84.1 Å². The van der Waals surface area contributed by atoms with Gasteiger partial charge in [-0.15, -0.1) is 5.10 Å². The fourth-order valence-electron chi connectivity index (χ4n) is 6.75. The maximum atomic E-state index is 4.47. The number of hydrogen-bond donors (Lipinski definition) is 0. The molecule has 0 amide bonds. The lowest BCUT2D eigenvalue weighted by molar-refractivity contribution is 0.398. The van der Waals surface area contributed by atoms with Crippen LogP contribution in [-0.2, 0) is 5.41 Å². The van der Waals surface area contributed by atoms with E-state index in [1.165, 1.54) is 124 Å². The van der Waals surface area contributed by atoms with Crippen LogP contribution in [0.3, 0.4) is 0 Å². The minimum atomic E-state index is 0.147. The van der Waals surface area contributed by atoms with Crippen LogP contribution < -0.4 is 0 Å². The molecule has 1 aliphatic rings. The van der Waals surface area contributed by atoms with Crippen LogP contribution in [0.4, 0.5) is 0 Å². The van der Waals surface area contributed by atoms with Crippen molar-refractivity contribution < 1.29 is 0 Å². The van der Waals surface area contributed by atoms with Gasteiger partial charge in [0.25, 0.3) is 0 Å². The van der Waals surface area contributed by atoms with E-state index in [9.17, 15) is 0 Å². The van der Waals surface area contributed by atoms with E-state index >= 15 is 0 Å². The summed E-state index contributed by atoms with van der Waals surface area (Å²) in [5.74, 6) is 0. The van der Waals surface area contributed by atoms with Crippen molar-refractivity contribution in [1.29, 1.82) is 0 Å². The highest BCUT2D eigenvalue weighted by atomic mass is 32.1. The first kappa shape index (κ1) is 27.1. The summed E-state index contributed by atoms with van der Waals surface area (Å²) < 4.78 is 5.39. The molecule has 0 spiro atoms. The van der Waals surface area contributed by atoms with E-state index in [-0.39, 0.29) is 5.41 Å². The molecule has 0 saturated heterocycles. The second-order valence-corrected chi connectivity index (χ2v) is 12.1. The van der Waals surface area contributed by atoms with E-state index < -0.39 is 0 Å². The molecule has 1 heterocycles. The molecule has 0 bridgehead atoms. The molecule has 0 N–H and O–H groups in total.